The average Bonchev–Trinajstić information content (AvgIpc) is 2.27. The molecule has 0 aliphatic carbocycles. The Morgan fingerprint density at radius 2 is 2.31 bits per heavy atom. The third-order valence-electron chi connectivity index (χ3n) is 2.30. The molecule has 0 aliphatic heterocycles. The van der Waals surface area contributed by atoms with E-state index in [9.17, 15) is 0 Å². The fourth-order valence-corrected chi connectivity index (χ4v) is 1.29. The quantitative estimate of drug-likeness (QED) is 0.763. The van der Waals surface area contributed by atoms with E-state index in [1.165, 1.54) is 0 Å². The monoisotopic (exact) mass is 239 g/mol. The van der Waals surface area contributed by atoms with Gasteiger partial charge in [-0.2, -0.15) is 0 Å². The summed E-state index contributed by atoms with van der Waals surface area (Å²) in [5, 5.41) is 3.23. The lowest BCUT2D eigenvalue weighted by Crippen LogP contribution is -2.32. The molecule has 0 saturated carbocycles. The Kier molecular flexibility index (Phi) is 4.20. The zero-order chi connectivity index (χ0) is 12.2. The lowest BCUT2D eigenvalue weighted by atomic mass is 10.1. The number of aromatic nitrogens is 1. The summed E-state index contributed by atoms with van der Waals surface area (Å²) in [6.07, 6.45) is 1.67. The normalized spacial score (nSPS) is 11.2. The van der Waals surface area contributed by atoms with E-state index in [1.807, 2.05) is 26.0 Å². The summed E-state index contributed by atoms with van der Waals surface area (Å²) in [7, 11) is 1.68. The van der Waals surface area contributed by atoms with Gasteiger partial charge in [-0.1, -0.05) is 12.2 Å². The second-order valence-corrected chi connectivity index (χ2v) is 4.52. The maximum atomic E-state index is 5.58. The van der Waals surface area contributed by atoms with Crippen LogP contribution in [0.15, 0.2) is 18.3 Å². The van der Waals surface area contributed by atoms with Crippen LogP contribution in [0.5, 0.6) is 0 Å². The van der Waals surface area contributed by atoms with Crippen molar-refractivity contribution < 1.29 is 4.74 Å². The highest BCUT2D eigenvalue weighted by Crippen LogP contribution is 2.15. The van der Waals surface area contributed by atoms with Crippen LogP contribution in [-0.4, -0.2) is 29.2 Å². The van der Waals surface area contributed by atoms with E-state index in [4.69, 9.17) is 22.7 Å². The second kappa shape index (κ2) is 5.23. The fraction of sp³-hybridized carbons (Fsp3) is 0.455. The number of rotatable bonds is 5. The molecule has 0 radical (unpaired) electrons. The number of ether oxygens (including phenoxy) is 1. The second-order valence-electron chi connectivity index (χ2n) is 4.08. The minimum atomic E-state index is -0.247. The molecule has 0 saturated heterocycles. The molecule has 1 rings (SSSR count). The molecule has 4 nitrogen and oxygen atoms in total. The van der Waals surface area contributed by atoms with Gasteiger partial charge in [0.1, 0.15) is 10.7 Å². The number of thiocarbonyl (C=S) groups is 1. The van der Waals surface area contributed by atoms with Gasteiger partial charge < -0.3 is 15.8 Å². The van der Waals surface area contributed by atoms with Gasteiger partial charge in [-0.15, -0.1) is 0 Å². The van der Waals surface area contributed by atoms with Gasteiger partial charge in [0, 0.05) is 19.9 Å². The SMILES string of the molecule is COC(C)(C)CNc1cccnc1C(N)=S. The molecule has 0 bridgehead atoms. The van der Waals surface area contributed by atoms with Crippen LogP contribution >= 0.6 is 12.2 Å². The van der Waals surface area contributed by atoms with Gasteiger partial charge in [-0.05, 0) is 26.0 Å². The molecule has 1 heterocycles. The number of pyridine rings is 1. The first-order valence-electron chi connectivity index (χ1n) is 5.00. The van der Waals surface area contributed by atoms with Gasteiger partial charge in [0.05, 0.1) is 11.3 Å². The molecule has 0 aromatic carbocycles. The molecule has 1 aromatic heterocycles. The molecule has 0 fully saturated rings. The molecule has 16 heavy (non-hydrogen) atoms. The molecule has 1 aromatic rings. The van der Waals surface area contributed by atoms with Crippen LogP contribution in [0.3, 0.4) is 0 Å². The topological polar surface area (TPSA) is 60.2 Å². The van der Waals surface area contributed by atoms with Crippen molar-refractivity contribution in [3.63, 3.8) is 0 Å². The zero-order valence-corrected chi connectivity index (χ0v) is 10.6. The molecule has 0 aliphatic rings. The van der Waals surface area contributed by atoms with Crippen LogP contribution in [0.25, 0.3) is 0 Å². The van der Waals surface area contributed by atoms with Crippen molar-refractivity contribution in [1.29, 1.82) is 0 Å². The largest absolute Gasteiger partial charge is 0.388 e. The molecule has 88 valence electrons. The number of hydrogen-bond donors (Lipinski definition) is 2. The Morgan fingerprint density at radius 1 is 1.62 bits per heavy atom. The van der Waals surface area contributed by atoms with Crippen molar-refractivity contribution in [2.24, 2.45) is 5.73 Å². The van der Waals surface area contributed by atoms with Crippen LogP contribution in [0.2, 0.25) is 0 Å². The lowest BCUT2D eigenvalue weighted by molar-refractivity contribution is 0.0344. The Labute approximate surface area is 101 Å². The minimum absolute atomic E-state index is 0.247. The van der Waals surface area contributed by atoms with Crippen molar-refractivity contribution in [3.8, 4) is 0 Å². The molecular weight excluding hydrogens is 222 g/mol. The van der Waals surface area contributed by atoms with Gasteiger partial charge in [0.25, 0.3) is 0 Å². The van der Waals surface area contributed by atoms with Crippen LogP contribution in [0, 0.1) is 0 Å². The number of nitrogens with zero attached hydrogens (tertiary/aromatic N) is 1. The first-order chi connectivity index (χ1) is 7.46. The standard InChI is InChI=1S/C11H17N3OS/c1-11(2,15-3)7-14-8-5-4-6-13-9(8)10(12)16/h4-6,14H,7H2,1-3H3,(H2,12,16). The predicted molar refractivity (Wildman–Crippen MR) is 69.7 cm³/mol. The predicted octanol–water partition coefficient (Wildman–Crippen LogP) is 1.55. The van der Waals surface area contributed by atoms with Crippen LogP contribution in [0.4, 0.5) is 5.69 Å². The summed E-state index contributed by atoms with van der Waals surface area (Å²) >= 11 is 4.93. The Morgan fingerprint density at radius 3 is 2.88 bits per heavy atom. The Balaban J connectivity index is 2.78. The summed E-state index contributed by atoms with van der Waals surface area (Å²) in [5.41, 5.74) is 6.79. The smallest absolute Gasteiger partial charge is 0.124 e. The van der Waals surface area contributed by atoms with E-state index in [-0.39, 0.29) is 5.60 Å². The molecular formula is C11H17N3OS. The van der Waals surface area contributed by atoms with Gasteiger partial charge in [0.2, 0.25) is 0 Å². The minimum Gasteiger partial charge on any atom is -0.388 e. The van der Waals surface area contributed by atoms with E-state index in [0.717, 1.165) is 5.69 Å². The first-order valence-corrected chi connectivity index (χ1v) is 5.41. The lowest BCUT2D eigenvalue weighted by Gasteiger charge is -2.24. The van der Waals surface area contributed by atoms with Crippen LogP contribution in [0.1, 0.15) is 19.5 Å². The number of anilines is 1. The molecule has 3 N–H and O–H groups in total. The summed E-state index contributed by atoms with van der Waals surface area (Å²) in [6, 6.07) is 3.73. The third-order valence-corrected chi connectivity index (χ3v) is 2.49. The van der Waals surface area contributed by atoms with Crippen LogP contribution < -0.4 is 11.1 Å². The number of methoxy groups -OCH3 is 1. The van der Waals surface area contributed by atoms with Crippen molar-refractivity contribution in [3.05, 3.63) is 24.0 Å². The highest BCUT2D eigenvalue weighted by Gasteiger charge is 2.16. The van der Waals surface area contributed by atoms with E-state index < -0.39 is 0 Å². The highest BCUT2D eigenvalue weighted by atomic mass is 32.1. The van der Waals surface area contributed by atoms with Gasteiger partial charge in [0.15, 0.2) is 0 Å². The van der Waals surface area contributed by atoms with E-state index in [2.05, 4.69) is 10.3 Å². The van der Waals surface area contributed by atoms with Gasteiger partial charge in [-0.25, -0.2) is 0 Å². The Bertz CT molecular complexity index is 379. The zero-order valence-electron chi connectivity index (χ0n) is 9.78. The molecule has 0 amide bonds. The van der Waals surface area contributed by atoms with Gasteiger partial charge in [-0.3, -0.25) is 4.98 Å². The van der Waals surface area contributed by atoms with Crippen molar-refractivity contribution in [2.75, 3.05) is 19.0 Å². The maximum absolute atomic E-state index is 5.58. The van der Waals surface area contributed by atoms with Crippen LogP contribution in [-0.2, 0) is 4.74 Å². The van der Waals surface area contributed by atoms with Crippen molar-refractivity contribution >= 4 is 22.9 Å². The number of nitrogens with two attached hydrogens (primary N) is 1. The van der Waals surface area contributed by atoms with Crippen molar-refractivity contribution in [1.82, 2.24) is 4.98 Å². The summed E-state index contributed by atoms with van der Waals surface area (Å²) in [5.74, 6) is 0. The summed E-state index contributed by atoms with van der Waals surface area (Å²) in [6.45, 7) is 4.65. The average molecular weight is 239 g/mol. The van der Waals surface area contributed by atoms with E-state index >= 15 is 0 Å². The number of hydrogen-bond acceptors (Lipinski definition) is 4. The third kappa shape index (κ3) is 3.43. The van der Waals surface area contributed by atoms with E-state index in [0.29, 0.717) is 17.2 Å². The summed E-state index contributed by atoms with van der Waals surface area (Å²) in [4.78, 5) is 4.43. The molecule has 0 unspecified atom stereocenters. The van der Waals surface area contributed by atoms with Gasteiger partial charge >= 0.3 is 0 Å². The Hall–Kier alpha value is -1.20. The highest BCUT2D eigenvalue weighted by molar-refractivity contribution is 7.80. The van der Waals surface area contributed by atoms with Crippen molar-refractivity contribution in [2.45, 2.75) is 19.4 Å². The first kappa shape index (κ1) is 12.9. The molecule has 0 atom stereocenters. The fourth-order valence-electron chi connectivity index (χ4n) is 1.12. The number of nitrogens with one attached hydrogen (secondary N) is 1. The summed E-state index contributed by atoms with van der Waals surface area (Å²) < 4.78 is 5.31. The maximum Gasteiger partial charge on any atom is 0.124 e. The molecule has 5 heteroatoms. The molecule has 0 spiro atoms. The van der Waals surface area contributed by atoms with E-state index in [1.54, 1.807) is 13.3 Å².